The molecule has 0 bridgehead atoms. The van der Waals surface area contributed by atoms with Gasteiger partial charge in [-0.3, -0.25) is 14.5 Å². The molecule has 1 aliphatic carbocycles. The van der Waals surface area contributed by atoms with Crippen molar-refractivity contribution in [2.75, 3.05) is 38.1 Å². The SMILES string of the molecule is CNC(=O)c1ccc(N2CCN([C@@H]3C[C@H](c4nc5ccc(F)cc5c(=O)[nH]4)c4ccccc43)CC2)cn1. The molecule has 8 nitrogen and oxygen atoms in total. The number of H-pyrrole nitrogens is 1. The highest BCUT2D eigenvalue weighted by Gasteiger charge is 2.37. The average Bonchev–Trinajstić information content (AvgIpc) is 3.33. The number of carbonyl (C=O) groups excluding carboxylic acids is 1. The van der Waals surface area contributed by atoms with Gasteiger partial charge in [-0.15, -0.1) is 0 Å². The van der Waals surface area contributed by atoms with Crippen LogP contribution in [-0.2, 0) is 0 Å². The third-order valence-corrected chi connectivity index (χ3v) is 7.53. The van der Waals surface area contributed by atoms with E-state index in [1.54, 1.807) is 25.4 Å². The van der Waals surface area contributed by atoms with Gasteiger partial charge in [0.05, 0.1) is 22.8 Å². The fourth-order valence-corrected chi connectivity index (χ4v) is 5.63. The molecule has 0 radical (unpaired) electrons. The van der Waals surface area contributed by atoms with Gasteiger partial charge in [-0.05, 0) is 47.9 Å². The van der Waals surface area contributed by atoms with Crippen molar-refractivity contribution in [2.24, 2.45) is 0 Å². The van der Waals surface area contributed by atoms with Crippen LogP contribution >= 0.6 is 0 Å². The van der Waals surface area contributed by atoms with Crippen molar-refractivity contribution in [2.45, 2.75) is 18.4 Å². The Balaban J connectivity index is 1.22. The van der Waals surface area contributed by atoms with Crippen LogP contribution in [0.4, 0.5) is 10.1 Å². The predicted octanol–water partition coefficient (Wildman–Crippen LogP) is 3.22. The van der Waals surface area contributed by atoms with Gasteiger partial charge in [0.1, 0.15) is 17.3 Å². The molecule has 188 valence electrons. The Morgan fingerprint density at radius 1 is 1.05 bits per heavy atom. The zero-order valence-electron chi connectivity index (χ0n) is 20.4. The molecule has 2 aromatic heterocycles. The minimum atomic E-state index is -0.448. The van der Waals surface area contributed by atoms with Crippen molar-refractivity contribution in [1.82, 2.24) is 25.2 Å². The standard InChI is InChI=1S/C28H27FN6O2/c1-30-28(37)24-9-7-18(16-31-24)34-10-12-35(13-11-34)25-15-21(19-4-2-3-5-20(19)25)26-32-23-8-6-17(29)14-22(23)27(36)33-26/h2-9,14,16,21,25H,10-13,15H2,1H3,(H,30,37)(H,32,33,36)/t21-,25+/m0/s1. The molecule has 2 aliphatic rings. The van der Waals surface area contributed by atoms with Crippen LogP contribution in [0.2, 0.25) is 0 Å². The number of rotatable bonds is 4. The number of nitrogens with one attached hydrogen (secondary N) is 2. The lowest BCUT2D eigenvalue weighted by atomic mass is 10.0. The summed E-state index contributed by atoms with van der Waals surface area (Å²) in [5.41, 5.74) is 4.04. The van der Waals surface area contributed by atoms with E-state index >= 15 is 0 Å². The maximum atomic E-state index is 13.7. The first-order valence-electron chi connectivity index (χ1n) is 12.5. The number of piperazine rings is 1. The Morgan fingerprint density at radius 3 is 2.57 bits per heavy atom. The highest BCUT2D eigenvalue weighted by atomic mass is 19.1. The van der Waals surface area contributed by atoms with Crippen LogP contribution in [0, 0.1) is 5.82 Å². The predicted molar refractivity (Wildman–Crippen MR) is 139 cm³/mol. The number of amides is 1. The van der Waals surface area contributed by atoms with Crippen molar-refractivity contribution in [3.05, 3.63) is 99.6 Å². The van der Waals surface area contributed by atoms with Crippen molar-refractivity contribution in [3.63, 3.8) is 0 Å². The van der Waals surface area contributed by atoms with E-state index in [0.29, 0.717) is 17.0 Å². The van der Waals surface area contributed by atoms with E-state index < -0.39 is 5.82 Å². The lowest BCUT2D eigenvalue weighted by molar-refractivity contribution is 0.0958. The second kappa shape index (κ2) is 9.40. The lowest BCUT2D eigenvalue weighted by Crippen LogP contribution is -2.47. The van der Waals surface area contributed by atoms with Crippen LogP contribution in [0.25, 0.3) is 10.9 Å². The molecule has 2 aromatic carbocycles. The Morgan fingerprint density at radius 2 is 1.84 bits per heavy atom. The lowest BCUT2D eigenvalue weighted by Gasteiger charge is -2.39. The molecule has 1 amide bonds. The van der Waals surface area contributed by atoms with Gasteiger partial charge in [-0.1, -0.05) is 24.3 Å². The minimum absolute atomic E-state index is 0.0390. The molecule has 0 unspecified atom stereocenters. The van der Waals surface area contributed by atoms with Gasteiger partial charge in [0, 0.05) is 45.2 Å². The molecular formula is C28H27FN6O2. The summed E-state index contributed by atoms with van der Waals surface area (Å²) in [6.07, 6.45) is 2.58. The van der Waals surface area contributed by atoms with E-state index in [1.165, 1.54) is 23.3 Å². The number of fused-ring (bicyclic) bond motifs is 2. The third-order valence-electron chi connectivity index (χ3n) is 7.53. The summed E-state index contributed by atoms with van der Waals surface area (Å²) in [4.78, 5) is 41.3. The number of pyridine rings is 1. The number of benzene rings is 2. The number of aromatic amines is 1. The molecule has 4 aromatic rings. The quantitative estimate of drug-likeness (QED) is 0.449. The van der Waals surface area contributed by atoms with E-state index in [1.807, 2.05) is 12.1 Å². The van der Waals surface area contributed by atoms with E-state index in [0.717, 1.165) is 38.3 Å². The number of nitrogens with zero attached hydrogens (tertiary/aromatic N) is 4. The molecule has 3 heterocycles. The smallest absolute Gasteiger partial charge is 0.269 e. The molecule has 1 saturated heterocycles. The van der Waals surface area contributed by atoms with Crippen molar-refractivity contribution in [1.29, 1.82) is 0 Å². The summed E-state index contributed by atoms with van der Waals surface area (Å²) >= 11 is 0. The highest BCUT2D eigenvalue weighted by Crippen LogP contribution is 2.46. The Bertz CT molecular complexity index is 1530. The van der Waals surface area contributed by atoms with Crippen LogP contribution in [0.5, 0.6) is 0 Å². The Labute approximate surface area is 213 Å². The molecular weight excluding hydrogens is 471 g/mol. The summed E-state index contributed by atoms with van der Waals surface area (Å²) in [5.74, 6) is -0.0563. The second-order valence-electron chi connectivity index (χ2n) is 9.55. The molecule has 0 saturated carbocycles. The number of halogens is 1. The van der Waals surface area contributed by atoms with E-state index in [9.17, 15) is 14.0 Å². The number of aromatic nitrogens is 3. The van der Waals surface area contributed by atoms with Crippen LogP contribution in [0.15, 0.2) is 65.6 Å². The van der Waals surface area contributed by atoms with Gasteiger partial charge in [-0.2, -0.15) is 0 Å². The molecule has 0 spiro atoms. The summed E-state index contributed by atoms with van der Waals surface area (Å²) in [6.45, 7) is 3.45. The first-order chi connectivity index (χ1) is 18.0. The van der Waals surface area contributed by atoms with E-state index in [2.05, 4.69) is 43.3 Å². The fourth-order valence-electron chi connectivity index (χ4n) is 5.63. The molecule has 2 atom stereocenters. The fraction of sp³-hybridized carbons (Fsp3) is 0.286. The first-order valence-corrected chi connectivity index (χ1v) is 12.5. The van der Waals surface area contributed by atoms with E-state index in [-0.39, 0.29) is 28.8 Å². The van der Waals surface area contributed by atoms with Crippen molar-refractivity contribution in [3.8, 4) is 0 Å². The van der Waals surface area contributed by atoms with Gasteiger partial charge in [0.15, 0.2) is 0 Å². The van der Waals surface area contributed by atoms with Crippen LogP contribution in [0.3, 0.4) is 0 Å². The zero-order chi connectivity index (χ0) is 25.5. The van der Waals surface area contributed by atoms with Gasteiger partial charge in [0.2, 0.25) is 0 Å². The average molecular weight is 499 g/mol. The first kappa shape index (κ1) is 23.3. The highest BCUT2D eigenvalue weighted by molar-refractivity contribution is 5.92. The van der Waals surface area contributed by atoms with Crippen LogP contribution in [-0.4, -0.2) is 59.0 Å². The second-order valence-corrected chi connectivity index (χ2v) is 9.55. The number of carbonyl (C=O) groups is 1. The monoisotopic (exact) mass is 498 g/mol. The molecule has 9 heteroatoms. The number of anilines is 1. The van der Waals surface area contributed by atoms with E-state index in [4.69, 9.17) is 4.98 Å². The maximum Gasteiger partial charge on any atom is 0.269 e. The van der Waals surface area contributed by atoms with Gasteiger partial charge in [-0.25, -0.2) is 14.4 Å². The zero-order valence-corrected chi connectivity index (χ0v) is 20.4. The minimum Gasteiger partial charge on any atom is -0.368 e. The topological polar surface area (TPSA) is 94.2 Å². The van der Waals surface area contributed by atoms with Crippen LogP contribution < -0.4 is 15.8 Å². The Kier molecular flexibility index (Phi) is 5.92. The molecule has 37 heavy (non-hydrogen) atoms. The molecule has 6 rings (SSSR count). The van der Waals surface area contributed by atoms with Gasteiger partial charge < -0.3 is 15.2 Å². The number of hydrogen-bond acceptors (Lipinski definition) is 6. The molecule has 2 N–H and O–H groups in total. The van der Waals surface area contributed by atoms with Crippen molar-refractivity contribution < 1.29 is 9.18 Å². The maximum absolute atomic E-state index is 13.7. The largest absolute Gasteiger partial charge is 0.368 e. The van der Waals surface area contributed by atoms with Crippen molar-refractivity contribution >= 4 is 22.5 Å². The van der Waals surface area contributed by atoms with Crippen LogP contribution in [0.1, 0.15) is 45.8 Å². The summed E-state index contributed by atoms with van der Waals surface area (Å²) < 4.78 is 13.7. The normalized spacial score (nSPS) is 19.7. The Hall–Kier alpha value is -4.11. The summed E-state index contributed by atoms with van der Waals surface area (Å²) in [7, 11) is 1.59. The molecule has 1 fully saturated rings. The summed E-state index contributed by atoms with van der Waals surface area (Å²) in [5, 5.41) is 2.86. The third kappa shape index (κ3) is 4.25. The number of hydrogen-bond donors (Lipinski definition) is 2. The van der Waals surface area contributed by atoms with Gasteiger partial charge >= 0.3 is 0 Å². The molecule has 1 aliphatic heterocycles. The van der Waals surface area contributed by atoms with Gasteiger partial charge in [0.25, 0.3) is 11.5 Å². The summed E-state index contributed by atoms with van der Waals surface area (Å²) in [6, 6.07) is 16.4.